The van der Waals surface area contributed by atoms with Crippen molar-refractivity contribution in [1.29, 1.82) is 5.26 Å². The highest BCUT2D eigenvalue weighted by Gasteiger charge is 2.90. The molecule has 9 rings (SSSR count). The molecule has 2 saturated heterocycles. The summed E-state index contributed by atoms with van der Waals surface area (Å²) in [7, 11) is 0. The average molecular weight is 586 g/mol. The summed E-state index contributed by atoms with van der Waals surface area (Å²) < 4.78 is 43.9. The Morgan fingerprint density at radius 1 is 1.09 bits per heavy atom. The predicted octanol–water partition coefficient (Wildman–Crippen LogP) is 4.04. The molecule has 8 nitrogen and oxygen atoms in total. The Labute approximate surface area is 243 Å². The van der Waals surface area contributed by atoms with Crippen molar-refractivity contribution >= 4 is 34.3 Å². The number of nitrogens with one attached hydrogen (secondary N) is 2. The summed E-state index contributed by atoms with van der Waals surface area (Å²) in [5.74, 6) is -3.29. The van der Waals surface area contributed by atoms with Crippen LogP contribution in [0, 0.1) is 46.1 Å². The molecule has 3 aromatic rings. The molecule has 3 amide bonds. The summed E-state index contributed by atoms with van der Waals surface area (Å²) in [5, 5.41) is 13.2. The van der Waals surface area contributed by atoms with Crippen LogP contribution >= 0.6 is 0 Å². The number of fused-ring (bicyclic) bond motifs is 6. The lowest BCUT2D eigenvalue weighted by Crippen LogP contribution is -2.55. The SMILES string of the molecule is N#C[C@@H]1C[C@@]2(CN1C(=O)C13C[C@]14[C@H](CN3C(=O)c1cc3c(F)cc(F)cc3[nH]1)[C@@H]1C[C@@H](F)[C@H]4C1)C(=O)Nc1ccccc12. The monoisotopic (exact) mass is 585 g/mol. The zero-order chi connectivity index (χ0) is 29.6. The average Bonchev–Trinajstić information content (AvgIpc) is 3.61. The van der Waals surface area contributed by atoms with Gasteiger partial charge in [-0.3, -0.25) is 14.4 Å². The lowest BCUT2D eigenvalue weighted by molar-refractivity contribution is -0.138. The number of nitriles is 1. The number of nitrogens with zero attached hydrogens (tertiary/aromatic N) is 3. The first kappa shape index (κ1) is 25.2. The van der Waals surface area contributed by atoms with Gasteiger partial charge in [0.05, 0.1) is 17.0 Å². The van der Waals surface area contributed by atoms with Crippen molar-refractivity contribution in [1.82, 2.24) is 14.8 Å². The minimum absolute atomic E-state index is 0.0108. The normalized spacial score (nSPS) is 37.9. The van der Waals surface area contributed by atoms with Crippen molar-refractivity contribution in [3.8, 4) is 6.07 Å². The highest BCUT2D eigenvalue weighted by Crippen LogP contribution is 2.82. The number of hydrogen-bond acceptors (Lipinski definition) is 4. The molecule has 3 aliphatic heterocycles. The third-order valence-corrected chi connectivity index (χ3v) is 11.8. The summed E-state index contributed by atoms with van der Waals surface area (Å²) in [5.41, 5.74) is -1.73. The van der Waals surface area contributed by atoms with E-state index in [0.29, 0.717) is 18.5 Å². The molecule has 0 radical (unpaired) electrons. The van der Waals surface area contributed by atoms with E-state index in [4.69, 9.17) is 0 Å². The lowest BCUT2D eigenvalue weighted by atomic mass is 9.75. The van der Waals surface area contributed by atoms with Crippen molar-refractivity contribution in [3.05, 3.63) is 65.4 Å². The van der Waals surface area contributed by atoms with E-state index in [9.17, 15) is 28.4 Å². The number of benzene rings is 2. The standard InChI is InChI=1S/C32H26F3N5O3/c33-16-7-22(34)18-9-26(37-25(18)8-16)27(41)40-12-21-15-5-20(23(35)6-15)31(21)13-32(31,40)29(43)39-14-30(10-17(39)11-36)19-3-1-2-4-24(19)38-28(30)42/h1-4,7-9,15,17,20-21,23,37H,5-6,10,12-14H2,(H,38,42)/t15-,17-,20+,21+,23+,30-,31-,32?/m0/s1. The highest BCUT2D eigenvalue weighted by atomic mass is 19.1. The second kappa shape index (κ2) is 7.78. The fourth-order valence-electron chi connectivity index (χ4n) is 10.1. The van der Waals surface area contributed by atoms with Crippen LogP contribution in [0.5, 0.6) is 0 Å². The number of alkyl halides is 1. The van der Waals surface area contributed by atoms with Gasteiger partial charge in [0.2, 0.25) is 11.8 Å². The quantitative estimate of drug-likeness (QED) is 0.473. The highest BCUT2D eigenvalue weighted by molar-refractivity contribution is 6.08. The van der Waals surface area contributed by atoms with Gasteiger partial charge in [-0.1, -0.05) is 18.2 Å². The molecule has 3 saturated carbocycles. The summed E-state index contributed by atoms with van der Waals surface area (Å²) in [6.45, 7) is 0.214. The van der Waals surface area contributed by atoms with Crippen LogP contribution in [0.25, 0.3) is 10.9 Å². The van der Waals surface area contributed by atoms with Gasteiger partial charge in [-0.15, -0.1) is 0 Å². The number of aromatic nitrogens is 1. The first-order chi connectivity index (χ1) is 20.6. The van der Waals surface area contributed by atoms with Crippen LogP contribution in [-0.4, -0.2) is 63.3 Å². The molecule has 3 aliphatic carbocycles. The number of halogens is 3. The number of H-pyrrole nitrogens is 1. The van der Waals surface area contributed by atoms with E-state index in [-0.39, 0.29) is 66.2 Å². The van der Waals surface area contributed by atoms with E-state index in [2.05, 4.69) is 16.4 Å². The minimum atomic E-state index is -1.38. The maximum atomic E-state index is 15.4. The van der Waals surface area contributed by atoms with Gasteiger partial charge < -0.3 is 20.1 Å². The van der Waals surface area contributed by atoms with Crippen LogP contribution < -0.4 is 5.32 Å². The number of carbonyl (C=O) groups excluding carboxylic acids is 3. The van der Waals surface area contributed by atoms with Crippen molar-refractivity contribution in [3.63, 3.8) is 0 Å². The van der Waals surface area contributed by atoms with Crippen LogP contribution in [0.1, 0.15) is 41.7 Å². The molecule has 5 fully saturated rings. The molecule has 2 N–H and O–H groups in total. The number of para-hydroxylation sites is 1. The van der Waals surface area contributed by atoms with Gasteiger partial charge in [-0.25, -0.2) is 13.2 Å². The molecular weight excluding hydrogens is 559 g/mol. The smallest absolute Gasteiger partial charge is 0.271 e. The number of amides is 3. The molecule has 218 valence electrons. The molecule has 4 heterocycles. The van der Waals surface area contributed by atoms with E-state index < -0.39 is 52.0 Å². The van der Waals surface area contributed by atoms with Gasteiger partial charge in [-0.05, 0) is 60.8 Å². The number of carbonyl (C=O) groups is 3. The fraction of sp³-hybridized carbons (Fsp3) is 0.438. The van der Waals surface area contributed by atoms with Crippen molar-refractivity contribution < 1.29 is 27.6 Å². The van der Waals surface area contributed by atoms with E-state index >= 15 is 4.39 Å². The Morgan fingerprint density at radius 3 is 2.72 bits per heavy atom. The van der Waals surface area contributed by atoms with E-state index in [1.165, 1.54) is 15.9 Å². The molecule has 1 unspecified atom stereocenters. The van der Waals surface area contributed by atoms with Crippen molar-refractivity contribution in [2.75, 3.05) is 18.4 Å². The fourth-order valence-corrected chi connectivity index (χ4v) is 10.1. The first-order valence-electron chi connectivity index (χ1n) is 14.7. The second-order valence-electron chi connectivity index (χ2n) is 13.3. The third kappa shape index (κ3) is 2.76. The topological polar surface area (TPSA) is 109 Å². The van der Waals surface area contributed by atoms with Crippen LogP contribution in [-0.2, 0) is 15.0 Å². The molecule has 11 heteroatoms. The zero-order valence-electron chi connectivity index (χ0n) is 22.9. The summed E-state index contributed by atoms with van der Waals surface area (Å²) >= 11 is 0. The minimum Gasteiger partial charge on any atom is -0.350 e. The Bertz CT molecular complexity index is 1870. The number of rotatable bonds is 2. The number of anilines is 1. The van der Waals surface area contributed by atoms with Gasteiger partial charge in [0, 0.05) is 42.1 Å². The molecule has 2 bridgehead atoms. The van der Waals surface area contributed by atoms with Gasteiger partial charge in [0.15, 0.2) is 0 Å². The molecule has 2 spiro atoms. The number of hydrogen-bond donors (Lipinski definition) is 2. The van der Waals surface area contributed by atoms with Gasteiger partial charge in [0.25, 0.3) is 5.91 Å². The summed E-state index contributed by atoms with van der Waals surface area (Å²) in [4.78, 5) is 48.3. The van der Waals surface area contributed by atoms with Crippen LogP contribution in [0.3, 0.4) is 0 Å². The van der Waals surface area contributed by atoms with Crippen LogP contribution in [0.2, 0.25) is 0 Å². The van der Waals surface area contributed by atoms with Gasteiger partial charge >= 0.3 is 0 Å². The molecular formula is C32H26F3N5O3. The molecule has 43 heavy (non-hydrogen) atoms. The number of piperidine rings is 1. The molecule has 8 atom stereocenters. The molecule has 2 aromatic carbocycles. The maximum Gasteiger partial charge on any atom is 0.271 e. The Kier molecular flexibility index (Phi) is 4.56. The molecule has 1 aromatic heterocycles. The third-order valence-electron chi connectivity index (χ3n) is 11.8. The Hall–Kier alpha value is -4.33. The predicted molar refractivity (Wildman–Crippen MR) is 146 cm³/mol. The zero-order valence-corrected chi connectivity index (χ0v) is 22.9. The Balaban J connectivity index is 1.14. The number of aromatic amines is 1. The summed E-state index contributed by atoms with van der Waals surface area (Å²) in [6.07, 6.45) is 0.361. The first-order valence-corrected chi connectivity index (χ1v) is 14.7. The van der Waals surface area contributed by atoms with Gasteiger partial charge in [0.1, 0.15) is 35.1 Å². The van der Waals surface area contributed by atoms with Crippen molar-refractivity contribution in [2.45, 2.75) is 48.9 Å². The Morgan fingerprint density at radius 2 is 1.91 bits per heavy atom. The maximum absolute atomic E-state index is 15.4. The molecule has 6 aliphatic rings. The van der Waals surface area contributed by atoms with Crippen LogP contribution in [0.4, 0.5) is 18.9 Å². The lowest BCUT2D eigenvalue weighted by Gasteiger charge is -2.34. The van der Waals surface area contributed by atoms with E-state index in [1.54, 1.807) is 12.1 Å². The largest absolute Gasteiger partial charge is 0.350 e. The number of likely N-dealkylation sites (tertiary alicyclic amines) is 2. The van der Waals surface area contributed by atoms with E-state index in [1.807, 2.05) is 12.1 Å². The summed E-state index contributed by atoms with van der Waals surface area (Å²) in [6, 6.07) is 11.7. The van der Waals surface area contributed by atoms with E-state index in [0.717, 1.165) is 17.7 Å². The second-order valence-corrected chi connectivity index (χ2v) is 13.3. The van der Waals surface area contributed by atoms with Crippen molar-refractivity contribution in [2.24, 2.45) is 23.2 Å². The van der Waals surface area contributed by atoms with Crippen LogP contribution in [0.15, 0.2) is 42.5 Å². The van der Waals surface area contributed by atoms with Gasteiger partial charge in [-0.2, -0.15) is 5.26 Å².